The fourth-order valence-electron chi connectivity index (χ4n) is 4.19. The number of rotatable bonds is 4. The van der Waals surface area contributed by atoms with Gasteiger partial charge < -0.3 is 15.1 Å². The molecule has 0 saturated carbocycles. The molecule has 28 heavy (non-hydrogen) atoms. The monoisotopic (exact) mass is 381 g/mol. The second-order valence-electron chi connectivity index (χ2n) is 7.54. The molecule has 2 aliphatic heterocycles. The predicted octanol–water partition coefficient (Wildman–Crippen LogP) is 3.58. The van der Waals surface area contributed by atoms with Crippen LogP contribution in [0.1, 0.15) is 30.9 Å². The highest BCUT2D eigenvalue weighted by Gasteiger charge is 2.42. The minimum atomic E-state index is -0.513. The quantitative estimate of drug-likeness (QED) is 0.881. The summed E-state index contributed by atoms with van der Waals surface area (Å²) >= 11 is 0. The van der Waals surface area contributed by atoms with Gasteiger partial charge in [-0.1, -0.05) is 12.1 Å². The Labute approximate surface area is 164 Å². The molecule has 0 aliphatic carbocycles. The summed E-state index contributed by atoms with van der Waals surface area (Å²) in [5.41, 5.74) is 2.64. The molecule has 6 heteroatoms. The Hall–Kier alpha value is -2.89. The van der Waals surface area contributed by atoms with E-state index in [1.165, 1.54) is 25.0 Å². The molecular formula is C22H24FN3O2. The van der Waals surface area contributed by atoms with Crippen LogP contribution in [0.4, 0.5) is 15.8 Å². The predicted molar refractivity (Wildman–Crippen MR) is 107 cm³/mol. The van der Waals surface area contributed by atoms with E-state index in [-0.39, 0.29) is 24.1 Å². The van der Waals surface area contributed by atoms with E-state index in [2.05, 4.69) is 10.2 Å². The third kappa shape index (κ3) is 3.59. The van der Waals surface area contributed by atoms with Gasteiger partial charge in [0.1, 0.15) is 5.82 Å². The largest absolute Gasteiger partial charge is 0.372 e. The highest BCUT2D eigenvalue weighted by atomic mass is 19.1. The first kappa shape index (κ1) is 18.5. The van der Waals surface area contributed by atoms with Gasteiger partial charge in [-0.25, -0.2) is 4.39 Å². The summed E-state index contributed by atoms with van der Waals surface area (Å²) in [5.74, 6) is -1.13. The lowest BCUT2D eigenvalue weighted by atomic mass is 9.93. The van der Waals surface area contributed by atoms with E-state index < -0.39 is 12.0 Å². The van der Waals surface area contributed by atoms with Crippen LogP contribution in [-0.2, 0) is 9.59 Å². The Morgan fingerprint density at radius 1 is 1.04 bits per heavy atom. The lowest BCUT2D eigenvalue weighted by Gasteiger charge is -2.25. The molecule has 0 radical (unpaired) electrons. The smallest absolute Gasteiger partial charge is 0.230 e. The van der Waals surface area contributed by atoms with Crippen LogP contribution in [0, 0.1) is 11.7 Å². The van der Waals surface area contributed by atoms with Crippen LogP contribution in [0.25, 0.3) is 0 Å². The Morgan fingerprint density at radius 2 is 1.68 bits per heavy atom. The maximum absolute atomic E-state index is 13.3. The number of carbonyl (C=O) groups excluding carboxylic acids is 2. The van der Waals surface area contributed by atoms with Gasteiger partial charge in [-0.15, -0.1) is 0 Å². The SMILES string of the molecule is CN1C(=O)CC(C(=O)Nc2ccc(N3CCCC3)cc2)C1c1ccc(F)cc1. The van der Waals surface area contributed by atoms with E-state index in [9.17, 15) is 14.0 Å². The van der Waals surface area contributed by atoms with Crippen molar-refractivity contribution in [2.75, 3.05) is 30.4 Å². The average Bonchev–Trinajstić information content (AvgIpc) is 3.33. The number of hydrogen-bond acceptors (Lipinski definition) is 3. The molecule has 2 fully saturated rings. The molecule has 4 rings (SSSR count). The summed E-state index contributed by atoms with van der Waals surface area (Å²) in [6.45, 7) is 2.14. The van der Waals surface area contributed by atoms with Crippen LogP contribution >= 0.6 is 0 Å². The molecule has 2 atom stereocenters. The summed E-state index contributed by atoms with van der Waals surface area (Å²) in [7, 11) is 1.69. The number of nitrogens with zero attached hydrogens (tertiary/aromatic N) is 2. The topological polar surface area (TPSA) is 52.7 Å². The van der Waals surface area contributed by atoms with E-state index in [1.807, 2.05) is 24.3 Å². The van der Waals surface area contributed by atoms with E-state index >= 15 is 0 Å². The molecule has 0 spiro atoms. The van der Waals surface area contributed by atoms with Gasteiger partial charge in [0.2, 0.25) is 11.8 Å². The molecule has 0 aromatic heterocycles. The molecule has 2 aromatic carbocycles. The molecule has 2 unspecified atom stereocenters. The van der Waals surface area contributed by atoms with Crippen LogP contribution in [0.2, 0.25) is 0 Å². The van der Waals surface area contributed by atoms with Gasteiger partial charge in [0.15, 0.2) is 0 Å². The van der Waals surface area contributed by atoms with Crippen LogP contribution in [0.3, 0.4) is 0 Å². The summed E-state index contributed by atoms with van der Waals surface area (Å²) < 4.78 is 13.3. The van der Waals surface area contributed by atoms with Crippen LogP contribution < -0.4 is 10.2 Å². The average molecular weight is 381 g/mol. The van der Waals surface area contributed by atoms with E-state index in [1.54, 1.807) is 24.1 Å². The molecular weight excluding hydrogens is 357 g/mol. The highest BCUT2D eigenvalue weighted by molar-refractivity contribution is 5.98. The zero-order chi connectivity index (χ0) is 19.7. The molecule has 2 aliphatic rings. The Balaban J connectivity index is 1.49. The zero-order valence-electron chi connectivity index (χ0n) is 15.9. The summed E-state index contributed by atoms with van der Waals surface area (Å²) in [6, 6.07) is 13.4. The molecule has 1 N–H and O–H groups in total. The molecule has 5 nitrogen and oxygen atoms in total. The number of halogens is 1. The number of amides is 2. The first-order valence-corrected chi connectivity index (χ1v) is 9.70. The number of likely N-dealkylation sites (tertiary alicyclic amines) is 1. The fourth-order valence-corrected chi connectivity index (χ4v) is 4.19. The number of nitrogens with one attached hydrogen (secondary N) is 1. The summed E-state index contributed by atoms with van der Waals surface area (Å²) in [5, 5.41) is 2.94. The van der Waals surface area contributed by atoms with Gasteiger partial charge in [0, 0.05) is 37.9 Å². The molecule has 2 saturated heterocycles. The Bertz CT molecular complexity index is 860. The van der Waals surface area contributed by atoms with Gasteiger partial charge in [0.25, 0.3) is 0 Å². The Kier molecular flexibility index (Phi) is 5.03. The van der Waals surface area contributed by atoms with Crippen LogP contribution in [0.5, 0.6) is 0 Å². The lowest BCUT2D eigenvalue weighted by Crippen LogP contribution is -2.30. The van der Waals surface area contributed by atoms with Crippen LogP contribution in [0.15, 0.2) is 48.5 Å². The van der Waals surface area contributed by atoms with Gasteiger partial charge >= 0.3 is 0 Å². The van der Waals surface area contributed by atoms with Crippen molar-refractivity contribution in [3.05, 3.63) is 59.9 Å². The van der Waals surface area contributed by atoms with Crippen molar-refractivity contribution in [3.8, 4) is 0 Å². The molecule has 2 amide bonds. The minimum Gasteiger partial charge on any atom is -0.372 e. The van der Waals surface area contributed by atoms with Crippen molar-refractivity contribution in [1.82, 2.24) is 4.90 Å². The first-order chi connectivity index (χ1) is 13.5. The van der Waals surface area contributed by atoms with Crippen molar-refractivity contribution in [1.29, 1.82) is 0 Å². The van der Waals surface area contributed by atoms with E-state index in [0.717, 1.165) is 24.3 Å². The lowest BCUT2D eigenvalue weighted by molar-refractivity contribution is -0.127. The van der Waals surface area contributed by atoms with Gasteiger partial charge in [0.05, 0.1) is 12.0 Å². The molecule has 2 aromatic rings. The second kappa shape index (κ2) is 7.62. The molecule has 2 heterocycles. The third-order valence-corrected chi connectivity index (χ3v) is 5.74. The highest BCUT2D eigenvalue weighted by Crippen LogP contribution is 2.37. The van der Waals surface area contributed by atoms with E-state index in [0.29, 0.717) is 5.69 Å². The molecule has 146 valence electrons. The Morgan fingerprint density at radius 3 is 2.32 bits per heavy atom. The third-order valence-electron chi connectivity index (χ3n) is 5.74. The van der Waals surface area contributed by atoms with E-state index in [4.69, 9.17) is 0 Å². The summed E-state index contributed by atoms with van der Waals surface area (Å²) in [4.78, 5) is 29.1. The van der Waals surface area contributed by atoms with Gasteiger partial charge in [-0.05, 0) is 54.8 Å². The first-order valence-electron chi connectivity index (χ1n) is 9.70. The van der Waals surface area contributed by atoms with Crippen molar-refractivity contribution in [2.45, 2.75) is 25.3 Å². The second-order valence-corrected chi connectivity index (χ2v) is 7.54. The number of benzene rings is 2. The van der Waals surface area contributed by atoms with Crippen molar-refractivity contribution in [2.24, 2.45) is 5.92 Å². The fraction of sp³-hybridized carbons (Fsp3) is 0.364. The van der Waals surface area contributed by atoms with Crippen LogP contribution in [-0.4, -0.2) is 36.9 Å². The molecule has 0 bridgehead atoms. The number of hydrogen-bond donors (Lipinski definition) is 1. The summed E-state index contributed by atoms with van der Waals surface area (Å²) in [6.07, 6.45) is 2.58. The standard InChI is InChI=1S/C22H24FN3O2/c1-25-20(27)14-19(21(25)15-4-6-16(23)7-5-15)22(28)24-17-8-10-18(11-9-17)26-12-2-3-13-26/h4-11,19,21H,2-3,12-14H2,1H3,(H,24,28). The van der Waals surface area contributed by atoms with Crippen molar-refractivity contribution >= 4 is 23.2 Å². The number of anilines is 2. The normalized spacial score (nSPS) is 22.0. The zero-order valence-corrected chi connectivity index (χ0v) is 15.9. The van der Waals surface area contributed by atoms with Gasteiger partial charge in [-0.3, -0.25) is 9.59 Å². The minimum absolute atomic E-state index is 0.0844. The maximum atomic E-state index is 13.3. The van der Waals surface area contributed by atoms with Crippen molar-refractivity contribution in [3.63, 3.8) is 0 Å². The van der Waals surface area contributed by atoms with Gasteiger partial charge in [-0.2, -0.15) is 0 Å². The number of carbonyl (C=O) groups is 2. The van der Waals surface area contributed by atoms with Crippen molar-refractivity contribution < 1.29 is 14.0 Å². The maximum Gasteiger partial charge on any atom is 0.230 e.